The van der Waals surface area contributed by atoms with Gasteiger partial charge in [0.15, 0.2) is 0 Å². The Morgan fingerprint density at radius 1 is 0.487 bits per heavy atom. The number of carbonyl (C=O) groups excluding carboxylic acids is 4. The first-order valence-corrected chi connectivity index (χ1v) is 27.2. The van der Waals surface area contributed by atoms with Crippen molar-refractivity contribution in [1.82, 2.24) is 9.80 Å². The summed E-state index contributed by atoms with van der Waals surface area (Å²) in [6, 6.07) is 42.7. The average Bonchev–Trinajstić information content (AvgIpc) is 3.42. The van der Waals surface area contributed by atoms with E-state index in [1.54, 1.807) is 84.9 Å². The number of esters is 2. The van der Waals surface area contributed by atoms with Crippen LogP contribution in [0.5, 0.6) is 23.0 Å². The first-order valence-electron chi connectivity index (χ1n) is 24.8. The number of amides is 2. The number of likely N-dealkylation sites (N-methyl/N-ethyl adjacent to an activating group) is 2. The maximum absolute atomic E-state index is 14.1. The summed E-state index contributed by atoms with van der Waals surface area (Å²) in [6.07, 6.45) is 5.15. The Bertz CT molecular complexity index is 2790. The lowest BCUT2D eigenvalue weighted by Crippen LogP contribution is -2.44. The molecule has 2 amide bonds. The van der Waals surface area contributed by atoms with Gasteiger partial charge in [-0.3, -0.25) is 9.59 Å². The van der Waals surface area contributed by atoms with Crippen molar-refractivity contribution < 1.29 is 47.6 Å². The number of fused-ring (bicyclic) bond motifs is 2. The molecule has 0 aliphatic carbocycles. The van der Waals surface area contributed by atoms with Crippen molar-refractivity contribution in [3.63, 3.8) is 0 Å². The summed E-state index contributed by atoms with van der Waals surface area (Å²) in [5, 5.41) is 6.92. The molecule has 2 N–H and O–H groups in total. The van der Waals surface area contributed by atoms with E-state index in [4.69, 9.17) is 51.6 Å². The highest BCUT2D eigenvalue weighted by Crippen LogP contribution is 2.51. The Labute approximate surface area is 461 Å². The smallest absolute Gasteiger partial charge is 0.333 e. The highest BCUT2D eigenvalue weighted by molar-refractivity contribution is 8.01. The van der Waals surface area contributed by atoms with Crippen LogP contribution in [0.15, 0.2) is 168 Å². The first-order chi connectivity index (χ1) is 36.9. The van der Waals surface area contributed by atoms with Crippen LogP contribution < -0.4 is 29.6 Å². The monoisotopic (exact) mass is 1100 g/mol. The number of thioether (sulfide) groups is 2. The molecule has 18 heteroatoms. The van der Waals surface area contributed by atoms with Crippen LogP contribution in [-0.2, 0) is 38.5 Å². The third-order valence-corrected chi connectivity index (χ3v) is 15.6. The minimum Gasteiger partial charge on any atom is -0.494 e. The van der Waals surface area contributed by atoms with Crippen LogP contribution in [0.25, 0.3) is 0 Å². The van der Waals surface area contributed by atoms with Crippen molar-refractivity contribution in [3.8, 4) is 23.0 Å². The van der Waals surface area contributed by atoms with E-state index < -0.39 is 33.6 Å². The molecular formula is C58H58Cl2N4O10S2. The number of ether oxygens (including phenoxy) is 6. The number of hydrogen-bond acceptors (Lipinski definition) is 14. The zero-order valence-electron chi connectivity index (χ0n) is 42.0. The fourth-order valence-corrected chi connectivity index (χ4v) is 10.9. The highest BCUT2D eigenvalue weighted by atomic mass is 35.5. The third kappa shape index (κ3) is 14.6. The van der Waals surface area contributed by atoms with E-state index in [0.29, 0.717) is 91.8 Å². The van der Waals surface area contributed by atoms with Crippen molar-refractivity contribution in [2.75, 3.05) is 77.3 Å². The summed E-state index contributed by atoms with van der Waals surface area (Å²) >= 11 is 14.5. The van der Waals surface area contributed by atoms with Gasteiger partial charge in [0.2, 0.25) is 0 Å². The summed E-state index contributed by atoms with van der Waals surface area (Å²) in [4.78, 5) is 57.7. The molecule has 14 nitrogen and oxygen atoms in total. The van der Waals surface area contributed by atoms with Crippen LogP contribution in [0.4, 0.5) is 11.4 Å². The zero-order valence-corrected chi connectivity index (χ0v) is 45.2. The van der Waals surface area contributed by atoms with Gasteiger partial charge in [0.05, 0.1) is 34.6 Å². The minimum atomic E-state index is -1.89. The Morgan fingerprint density at radius 2 is 0.868 bits per heavy atom. The van der Waals surface area contributed by atoms with E-state index in [0.717, 1.165) is 87.5 Å². The SMILES string of the molecule is CN(CCCCOc1ccc(C2(OC(=O)/C=C/C(=O)OC3(c4ccc(OCCCCN(C)CCOc5ccccc5Cl)cc4)Sc4ccccc4NC3=O)Sc3ccccc3NC2=O)cc1)CCOc1ccccc1Cl. The number of hydrogen-bond donors (Lipinski definition) is 2. The molecule has 0 aromatic heterocycles. The number of rotatable bonds is 26. The largest absolute Gasteiger partial charge is 0.494 e. The fraction of sp³-hybridized carbons (Fsp3) is 0.276. The number of benzene rings is 6. The zero-order chi connectivity index (χ0) is 53.3. The molecule has 2 heterocycles. The molecule has 0 saturated heterocycles. The van der Waals surface area contributed by atoms with Gasteiger partial charge >= 0.3 is 11.9 Å². The topological polar surface area (TPSA) is 154 Å². The lowest BCUT2D eigenvalue weighted by molar-refractivity contribution is -0.155. The van der Waals surface area contributed by atoms with Gasteiger partial charge in [-0.15, -0.1) is 0 Å². The Hall–Kier alpha value is -6.66. The van der Waals surface area contributed by atoms with E-state index in [2.05, 4.69) is 20.4 Å². The fourth-order valence-electron chi connectivity index (χ4n) is 8.11. The summed E-state index contributed by atoms with van der Waals surface area (Å²) < 4.78 is 35.8. The van der Waals surface area contributed by atoms with Gasteiger partial charge in [-0.25, -0.2) is 9.59 Å². The molecule has 0 fully saturated rings. The van der Waals surface area contributed by atoms with Crippen molar-refractivity contribution in [3.05, 3.63) is 179 Å². The second kappa shape index (κ2) is 26.9. The van der Waals surface area contributed by atoms with Crippen molar-refractivity contribution in [2.24, 2.45) is 0 Å². The summed E-state index contributed by atoms with van der Waals surface area (Å²) in [6.45, 7) is 5.13. The van der Waals surface area contributed by atoms with Crippen molar-refractivity contribution in [1.29, 1.82) is 0 Å². The molecule has 8 rings (SSSR count). The molecule has 0 spiro atoms. The number of para-hydroxylation sites is 4. The standard InChI is InChI=1S/C58H58Cl2N4O10S2/c1-63(35-39-71-49-19-7-3-15-45(49)59)33-11-13-37-69-43-27-23-41(24-28-43)57(55(67)61-47-17-5-9-21-51(47)75-57)73-53(65)31-32-54(66)74-58(56(68)62-48-18-6-10-22-52(48)76-58)42-25-29-44(30-26-42)70-38-14-12-34-64(2)36-40-72-50-20-8-4-16-46(50)60/h3-10,15-32H,11-14,33-40H2,1-2H3,(H,61,67)(H,62,68)/b32-31+. The summed E-state index contributed by atoms with van der Waals surface area (Å²) in [5.41, 5.74) is 1.84. The number of nitrogens with one attached hydrogen (secondary N) is 2. The molecule has 0 bridgehead atoms. The van der Waals surface area contributed by atoms with Crippen LogP contribution in [0, 0.1) is 0 Å². The molecule has 6 aromatic carbocycles. The van der Waals surface area contributed by atoms with Crippen LogP contribution in [-0.4, -0.2) is 100 Å². The van der Waals surface area contributed by atoms with Crippen molar-refractivity contribution in [2.45, 2.75) is 45.3 Å². The first kappa shape index (κ1) is 55.6. The lowest BCUT2D eigenvalue weighted by atomic mass is 10.1. The molecular weight excluding hydrogens is 1050 g/mol. The predicted octanol–water partition coefficient (Wildman–Crippen LogP) is 11.5. The van der Waals surface area contributed by atoms with Gasteiger partial charge in [-0.2, -0.15) is 0 Å². The number of nitrogens with zero attached hydrogens (tertiary/aromatic N) is 2. The van der Waals surface area contributed by atoms with Gasteiger partial charge in [-0.05, 0) is 150 Å². The normalized spacial score (nSPS) is 16.8. The maximum atomic E-state index is 14.1. The van der Waals surface area contributed by atoms with E-state index in [9.17, 15) is 19.2 Å². The molecule has 0 radical (unpaired) electrons. The van der Waals surface area contributed by atoms with Gasteiger partial charge in [0.25, 0.3) is 21.7 Å². The number of halogens is 2. The molecule has 396 valence electrons. The molecule has 0 saturated carbocycles. The van der Waals surface area contributed by atoms with E-state index >= 15 is 0 Å². The molecule has 6 aromatic rings. The molecule has 76 heavy (non-hydrogen) atoms. The quantitative estimate of drug-likeness (QED) is 0.0301. The predicted molar refractivity (Wildman–Crippen MR) is 298 cm³/mol. The van der Waals surface area contributed by atoms with Gasteiger partial charge in [-0.1, -0.05) is 95.3 Å². The second-order valence-corrected chi connectivity index (χ2v) is 21.1. The Morgan fingerprint density at radius 3 is 1.28 bits per heavy atom. The minimum absolute atomic E-state index is 0.363. The Balaban J connectivity index is 0.867. The highest BCUT2D eigenvalue weighted by Gasteiger charge is 2.50. The van der Waals surface area contributed by atoms with Crippen LogP contribution >= 0.6 is 46.7 Å². The summed E-state index contributed by atoms with van der Waals surface area (Å²) in [7, 11) is 4.07. The van der Waals surface area contributed by atoms with E-state index in [1.807, 2.05) is 74.8 Å². The number of unbranched alkanes of at least 4 members (excludes halogenated alkanes) is 2. The molecule has 2 aliphatic heterocycles. The van der Waals surface area contributed by atoms with Crippen molar-refractivity contribution >= 4 is 81.9 Å². The second-order valence-electron chi connectivity index (χ2n) is 17.8. The third-order valence-electron chi connectivity index (χ3n) is 12.2. The van der Waals surface area contributed by atoms with E-state index in [1.165, 1.54) is 0 Å². The van der Waals surface area contributed by atoms with Crippen LogP contribution in [0.3, 0.4) is 0 Å². The average molecular weight is 1110 g/mol. The van der Waals surface area contributed by atoms with Crippen LogP contribution in [0.2, 0.25) is 10.0 Å². The van der Waals surface area contributed by atoms with E-state index in [-0.39, 0.29) is 0 Å². The number of anilines is 2. The molecule has 2 unspecified atom stereocenters. The molecule has 2 atom stereocenters. The summed E-state index contributed by atoms with van der Waals surface area (Å²) in [5.74, 6) is -0.738. The number of carbonyl (C=O) groups is 4. The van der Waals surface area contributed by atoms with Gasteiger partial charge < -0.3 is 48.9 Å². The van der Waals surface area contributed by atoms with Crippen LogP contribution in [0.1, 0.15) is 36.8 Å². The maximum Gasteiger partial charge on any atom is 0.333 e. The lowest BCUT2D eigenvalue weighted by Gasteiger charge is -2.36. The molecule has 2 aliphatic rings. The van der Waals surface area contributed by atoms with Gasteiger partial charge in [0.1, 0.15) is 36.2 Å². The van der Waals surface area contributed by atoms with Gasteiger partial charge in [0, 0.05) is 46.2 Å². The Kier molecular flexibility index (Phi) is 19.7.